The van der Waals surface area contributed by atoms with Crippen molar-refractivity contribution in [1.29, 1.82) is 0 Å². The van der Waals surface area contributed by atoms with E-state index in [1.165, 1.54) is 5.56 Å². The normalized spacial score (nSPS) is 18.5. The molecule has 202 valence electrons. The van der Waals surface area contributed by atoms with E-state index in [4.69, 9.17) is 9.26 Å². The fourth-order valence-corrected chi connectivity index (χ4v) is 5.68. The number of fused-ring (bicyclic) bond motifs is 1. The maximum Gasteiger partial charge on any atom is 0.292 e. The van der Waals surface area contributed by atoms with Crippen molar-refractivity contribution in [1.82, 2.24) is 25.2 Å². The van der Waals surface area contributed by atoms with Crippen LogP contribution in [0.4, 0.5) is 0 Å². The molecule has 0 atom stereocenters. The van der Waals surface area contributed by atoms with Gasteiger partial charge in [0, 0.05) is 43.5 Å². The van der Waals surface area contributed by atoms with E-state index in [2.05, 4.69) is 27.7 Å². The average Bonchev–Trinajstić information content (AvgIpc) is 3.57. The standard InChI is InChI=1S/C29H37N5O4/c1-3-34-21(2)23(20-31-34)24-19-26(38-32-24)27(35)33-16-13-29(14-17-33)12-7-6-10-22-9-4-5-11-25(22)37-18-8-15-30-28(29)36/h4-5,9,11,19-20H,3,6-8,10,12-18H2,1-2H3,(H,30,36). The van der Waals surface area contributed by atoms with Gasteiger partial charge in [-0.25, -0.2) is 0 Å². The van der Waals surface area contributed by atoms with Gasteiger partial charge in [-0.15, -0.1) is 0 Å². The zero-order chi connectivity index (χ0) is 26.5. The first-order valence-electron chi connectivity index (χ1n) is 13.8. The van der Waals surface area contributed by atoms with Crippen LogP contribution in [0.2, 0.25) is 0 Å². The largest absolute Gasteiger partial charge is 0.493 e. The molecule has 2 amide bonds. The molecule has 0 unspecified atom stereocenters. The minimum absolute atomic E-state index is 0.103. The van der Waals surface area contributed by atoms with E-state index in [0.717, 1.165) is 55.7 Å². The number of para-hydroxylation sites is 1. The summed E-state index contributed by atoms with van der Waals surface area (Å²) in [7, 11) is 0. The molecule has 2 aliphatic rings. The second-order valence-electron chi connectivity index (χ2n) is 10.4. The summed E-state index contributed by atoms with van der Waals surface area (Å²) in [5.74, 6) is 1.09. The van der Waals surface area contributed by atoms with Crippen LogP contribution < -0.4 is 10.1 Å². The van der Waals surface area contributed by atoms with Gasteiger partial charge in [-0.2, -0.15) is 5.10 Å². The molecule has 5 rings (SSSR count). The van der Waals surface area contributed by atoms with Gasteiger partial charge in [0.05, 0.1) is 18.2 Å². The summed E-state index contributed by atoms with van der Waals surface area (Å²) in [5.41, 5.74) is 3.23. The zero-order valence-corrected chi connectivity index (χ0v) is 22.4. The van der Waals surface area contributed by atoms with Crippen molar-refractivity contribution in [2.24, 2.45) is 5.41 Å². The number of ether oxygens (including phenoxy) is 1. The molecule has 9 nitrogen and oxygen atoms in total. The van der Waals surface area contributed by atoms with Gasteiger partial charge < -0.3 is 19.5 Å². The number of benzene rings is 1. The number of hydrogen-bond acceptors (Lipinski definition) is 6. The van der Waals surface area contributed by atoms with Crippen LogP contribution >= 0.6 is 0 Å². The number of aromatic nitrogens is 3. The Kier molecular flexibility index (Phi) is 7.81. The highest BCUT2D eigenvalue weighted by molar-refractivity contribution is 5.93. The van der Waals surface area contributed by atoms with Crippen LogP contribution in [0, 0.1) is 12.3 Å². The van der Waals surface area contributed by atoms with Gasteiger partial charge in [0.15, 0.2) is 0 Å². The summed E-state index contributed by atoms with van der Waals surface area (Å²) in [5, 5.41) is 11.7. The van der Waals surface area contributed by atoms with Gasteiger partial charge in [0.2, 0.25) is 11.7 Å². The van der Waals surface area contributed by atoms with Crippen molar-refractivity contribution in [3.05, 3.63) is 53.5 Å². The molecule has 3 aromatic rings. The van der Waals surface area contributed by atoms with E-state index >= 15 is 0 Å². The summed E-state index contributed by atoms with van der Waals surface area (Å²) in [6.07, 6.45) is 7.48. The van der Waals surface area contributed by atoms with Gasteiger partial charge in [0.25, 0.3) is 5.91 Å². The molecule has 2 aromatic heterocycles. The summed E-state index contributed by atoms with van der Waals surface area (Å²) in [6, 6.07) is 9.91. The summed E-state index contributed by atoms with van der Waals surface area (Å²) >= 11 is 0. The van der Waals surface area contributed by atoms with Crippen molar-refractivity contribution < 1.29 is 18.8 Å². The fourth-order valence-electron chi connectivity index (χ4n) is 5.68. The molecule has 1 aromatic carbocycles. The van der Waals surface area contributed by atoms with Crippen LogP contribution in [-0.4, -0.2) is 57.9 Å². The maximum absolute atomic E-state index is 13.4. The van der Waals surface area contributed by atoms with Gasteiger partial charge in [0.1, 0.15) is 11.4 Å². The van der Waals surface area contributed by atoms with Crippen molar-refractivity contribution in [3.63, 3.8) is 0 Å². The molecule has 0 radical (unpaired) electrons. The smallest absolute Gasteiger partial charge is 0.292 e. The Balaban J connectivity index is 1.24. The Hall–Kier alpha value is -3.62. The number of amides is 2. The second-order valence-corrected chi connectivity index (χ2v) is 10.4. The topological polar surface area (TPSA) is 102 Å². The second kappa shape index (κ2) is 11.4. The monoisotopic (exact) mass is 519 g/mol. The Morgan fingerprint density at radius 3 is 2.74 bits per heavy atom. The van der Waals surface area contributed by atoms with Crippen molar-refractivity contribution in [2.45, 2.75) is 65.3 Å². The zero-order valence-electron chi connectivity index (χ0n) is 22.4. The number of likely N-dealkylation sites (tertiary alicyclic amines) is 1. The molecule has 4 heterocycles. The van der Waals surface area contributed by atoms with Gasteiger partial charge in [-0.05, 0) is 64.0 Å². The SMILES string of the molecule is CCn1ncc(-c2cc(C(=O)N3CCC4(CCCCc5ccccc5OCCCNC4=O)CC3)on2)c1C. The minimum atomic E-state index is -0.455. The molecule has 1 N–H and O–H groups in total. The third kappa shape index (κ3) is 5.33. The summed E-state index contributed by atoms with van der Waals surface area (Å²) in [6.45, 7) is 6.96. The van der Waals surface area contributed by atoms with E-state index in [1.54, 1.807) is 17.2 Å². The molecule has 2 aliphatic heterocycles. The Labute approximate surface area is 223 Å². The summed E-state index contributed by atoms with van der Waals surface area (Å²) < 4.78 is 13.3. The van der Waals surface area contributed by atoms with Crippen LogP contribution in [0.15, 0.2) is 41.1 Å². The molecule has 1 spiro atoms. The lowest BCUT2D eigenvalue weighted by Crippen LogP contribution is -2.50. The third-order valence-electron chi connectivity index (χ3n) is 8.08. The molecule has 1 fully saturated rings. The third-order valence-corrected chi connectivity index (χ3v) is 8.08. The lowest BCUT2D eigenvalue weighted by Gasteiger charge is -2.40. The first-order valence-corrected chi connectivity index (χ1v) is 13.8. The van der Waals surface area contributed by atoms with E-state index in [9.17, 15) is 9.59 Å². The number of aryl methyl sites for hydroxylation is 2. The van der Waals surface area contributed by atoms with Crippen LogP contribution in [0.1, 0.15) is 67.3 Å². The first kappa shape index (κ1) is 26.0. The van der Waals surface area contributed by atoms with Crippen LogP contribution in [0.3, 0.4) is 0 Å². The van der Waals surface area contributed by atoms with Gasteiger partial charge >= 0.3 is 0 Å². The molecule has 1 saturated heterocycles. The van der Waals surface area contributed by atoms with Gasteiger partial charge in [-0.1, -0.05) is 29.8 Å². The lowest BCUT2D eigenvalue weighted by atomic mass is 9.73. The van der Waals surface area contributed by atoms with Crippen LogP contribution in [-0.2, 0) is 17.8 Å². The highest BCUT2D eigenvalue weighted by atomic mass is 16.5. The maximum atomic E-state index is 13.4. The molecule has 0 bridgehead atoms. The molecule has 38 heavy (non-hydrogen) atoms. The van der Waals surface area contributed by atoms with Gasteiger partial charge in [-0.3, -0.25) is 14.3 Å². The molecule has 0 aliphatic carbocycles. The van der Waals surface area contributed by atoms with E-state index in [0.29, 0.717) is 44.8 Å². The summed E-state index contributed by atoms with van der Waals surface area (Å²) in [4.78, 5) is 28.4. The highest BCUT2D eigenvalue weighted by Crippen LogP contribution is 2.38. The Bertz CT molecular complexity index is 1270. The number of nitrogens with zero attached hydrogens (tertiary/aromatic N) is 4. The number of nitrogens with one attached hydrogen (secondary N) is 1. The van der Waals surface area contributed by atoms with E-state index in [-0.39, 0.29) is 17.6 Å². The molecule has 9 heteroatoms. The van der Waals surface area contributed by atoms with Crippen molar-refractivity contribution in [2.75, 3.05) is 26.2 Å². The number of rotatable bonds is 3. The number of piperidine rings is 1. The fraction of sp³-hybridized carbons (Fsp3) is 0.517. The predicted molar refractivity (Wildman–Crippen MR) is 143 cm³/mol. The highest BCUT2D eigenvalue weighted by Gasteiger charge is 2.42. The van der Waals surface area contributed by atoms with Crippen LogP contribution in [0.25, 0.3) is 11.3 Å². The predicted octanol–water partition coefficient (Wildman–Crippen LogP) is 4.40. The average molecular weight is 520 g/mol. The van der Waals surface area contributed by atoms with Crippen molar-refractivity contribution in [3.8, 4) is 17.0 Å². The molecular formula is C29H37N5O4. The number of carbonyl (C=O) groups is 2. The number of hydrogen-bond donors (Lipinski definition) is 1. The van der Waals surface area contributed by atoms with E-state index < -0.39 is 5.41 Å². The molecule has 0 saturated carbocycles. The quantitative estimate of drug-likeness (QED) is 0.550. The van der Waals surface area contributed by atoms with Crippen LogP contribution in [0.5, 0.6) is 5.75 Å². The van der Waals surface area contributed by atoms with Crippen molar-refractivity contribution >= 4 is 11.8 Å². The Morgan fingerprint density at radius 2 is 1.95 bits per heavy atom. The first-order chi connectivity index (χ1) is 18.5. The minimum Gasteiger partial charge on any atom is -0.493 e. The number of carbonyl (C=O) groups excluding carboxylic acids is 2. The Morgan fingerprint density at radius 1 is 1.13 bits per heavy atom. The molecular weight excluding hydrogens is 482 g/mol. The van der Waals surface area contributed by atoms with E-state index in [1.807, 2.05) is 30.7 Å². The lowest BCUT2D eigenvalue weighted by molar-refractivity contribution is -0.134.